The van der Waals surface area contributed by atoms with Gasteiger partial charge in [-0.2, -0.15) is 0 Å². The first-order valence-electron chi connectivity index (χ1n) is 29.2. The molecule has 2 aromatic carbocycles. The van der Waals surface area contributed by atoms with E-state index in [2.05, 4.69) is 42.2 Å². The molecule has 2 fully saturated rings. The van der Waals surface area contributed by atoms with E-state index in [1.807, 2.05) is 34.1 Å². The lowest BCUT2D eigenvalue weighted by atomic mass is 10.0. The van der Waals surface area contributed by atoms with Crippen LogP contribution in [0.1, 0.15) is 64.5 Å². The molecule has 0 bridgehead atoms. The van der Waals surface area contributed by atoms with Gasteiger partial charge in [-0.25, -0.2) is 0 Å². The summed E-state index contributed by atoms with van der Waals surface area (Å²) in [5, 5.41) is 48.8. The van der Waals surface area contributed by atoms with Gasteiger partial charge in [0, 0.05) is 114 Å². The molecule has 472 valence electrons. The Hall–Kier alpha value is -8.05. The van der Waals surface area contributed by atoms with E-state index in [1.165, 1.54) is 6.92 Å². The summed E-state index contributed by atoms with van der Waals surface area (Å²) < 4.78 is 0. The van der Waals surface area contributed by atoms with Gasteiger partial charge in [0.05, 0.1) is 32.7 Å². The molecule has 0 spiro atoms. The SMILES string of the molecule is CCNC(=O)[C@@H](NC(=O)[C@H](C)NC(=O)[C@H](Cc1c[nH]c2ccccc12)NC(=O)[C@H](CCC(N)=O)NC(=O)[C@@H](Cc1ccccc1)NC(=O)CN1CCC(NC(=O)CN2CCN(CC(=O)O)CCN(CC(=O)O)CCN(CC(=O)O)CC2)CC1)C(C)C. The number of para-hydroxylation sites is 1. The van der Waals surface area contributed by atoms with Gasteiger partial charge in [0.1, 0.15) is 30.2 Å². The van der Waals surface area contributed by atoms with Gasteiger partial charge in [-0.3, -0.25) is 77.2 Å². The summed E-state index contributed by atoms with van der Waals surface area (Å²) in [4.78, 5) is 156. The molecule has 2 aliphatic heterocycles. The average molecular weight is 1200 g/mol. The largest absolute Gasteiger partial charge is 0.480 e. The molecule has 0 saturated carbocycles. The molecule has 28 nitrogen and oxygen atoms in total. The first kappa shape index (κ1) is 68.7. The molecule has 86 heavy (non-hydrogen) atoms. The van der Waals surface area contributed by atoms with Crippen LogP contribution in [-0.2, 0) is 65.6 Å². The molecule has 5 rings (SSSR count). The zero-order valence-electron chi connectivity index (χ0n) is 49.5. The van der Waals surface area contributed by atoms with E-state index in [9.17, 15) is 68.1 Å². The molecule has 13 N–H and O–H groups in total. The average Bonchev–Trinajstić information content (AvgIpc) is 3.40. The maximum Gasteiger partial charge on any atom is 0.317 e. The third-order valence-electron chi connectivity index (χ3n) is 15.0. The number of nitrogens with two attached hydrogens (primary N) is 1. The van der Waals surface area contributed by atoms with Gasteiger partial charge < -0.3 is 63.3 Å². The van der Waals surface area contributed by atoms with Crippen LogP contribution in [0, 0.1) is 5.92 Å². The summed E-state index contributed by atoms with van der Waals surface area (Å²) in [7, 11) is 0. The number of aromatic nitrogens is 1. The van der Waals surface area contributed by atoms with Crippen molar-refractivity contribution in [3.8, 4) is 0 Å². The molecule has 5 atom stereocenters. The van der Waals surface area contributed by atoms with Crippen LogP contribution in [0.25, 0.3) is 10.9 Å². The van der Waals surface area contributed by atoms with E-state index in [0.717, 1.165) is 10.9 Å². The number of hydrogen-bond donors (Lipinski definition) is 12. The van der Waals surface area contributed by atoms with Crippen molar-refractivity contribution in [3.63, 3.8) is 0 Å². The van der Waals surface area contributed by atoms with Gasteiger partial charge >= 0.3 is 17.9 Å². The minimum atomic E-state index is -1.45. The van der Waals surface area contributed by atoms with E-state index in [-0.39, 0.29) is 129 Å². The fourth-order valence-electron chi connectivity index (χ4n) is 10.3. The number of hydrogen-bond acceptors (Lipinski definition) is 16. The van der Waals surface area contributed by atoms with E-state index >= 15 is 0 Å². The van der Waals surface area contributed by atoms with Crippen molar-refractivity contribution >= 4 is 76.1 Å². The van der Waals surface area contributed by atoms with Crippen molar-refractivity contribution in [1.29, 1.82) is 0 Å². The summed E-state index contributed by atoms with van der Waals surface area (Å²) in [5.74, 6) is -8.50. The van der Waals surface area contributed by atoms with Gasteiger partial charge in [-0.05, 0) is 56.2 Å². The minimum Gasteiger partial charge on any atom is -0.480 e. The monoisotopic (exact) mass is 1200 g/mol. The first-order chi connectivity index (χ1) is 41.0. The summed E-state index contributed by atoms with van der Waals surface area (Å²) >= 11 is 0. The number of carboxylic acid groups (broad SMARTS) is 3. The molecule has 1 aromatic heterocycles. The van der Waals surface area contributed by atoms with E-state index < -0.39 is 89.5 Å². The maximum atomic E-state index is 14.5. The number of nitrogens with zero attached hydrogens (tertiary/aromatic N) is 5. The Balaban J connectivity index is 1.24. The lowest BCUT2D eigenvalue weighted by molar-refractivity contribution is -0.140. The molecule has 3 heterocycles. The quantitative estimate of drug-likeness (QED) is 0.0329. The highest BCUT2D eigenvalue weighted by Crippen LogP contribution is 2.20. The molecule has 3 aromatic rings. The molecular formula is C58H86N14O14. The summed E-state index contributed by atoms with van der Waals surface area (Å²) in [6.45, 7) is 8.75. The molecule has 0 radical (unpaired) electrons. The molecule has 0 aliphatic carbocycles. The van der Waals surface area contributed by atoms with Crippen LogP contribution in [0.2, 0.25) is 0 Å². The zero-order valence-corrected chi connectivity index (χ0v) is 49.5. The predicted octanol–water partition coefficient (Wildman–Crippen LogP) is -2.49. The van der Waals surface area contributed by atoms with Crippen LogP contribution >= 0.6 is 0 Å². The third-order valence-corrected chi connectivity index (χ3v) is 15.0. The topological polar surface area (TPSA) is 391 Å². The highest BCUT2D eigenvalue weighted by atomic mass is 16.4. The van der Waals surface area contributed by atoms with E-state index in [0.29, 0.717) is 43.6 Å². The van der Waals surface area contributed by atoms with Crippen molar-refractivity contribution in [3.05, 3.63) is 71.9 Å². The Morgan fingerprint density at radius 2 is 1.02 bits per heavy atom. The fourth-order valence-corrected chi connectivity index (χ4v) is 10.3. The Morgan fingerprint density at radius 1 is 0.547 bits per heavy atom. The van der Waals surface area contributed by atoms with Crippen molar-refractivity contribution < 1.29 is 68.1 Å². The number of likely N-dealkylation sites (N-methyl/N-ethyl adjacent to an activating group) is 1. The number of H-pyrrole nitrogens is 1. The van der Waals surface area contributed by atoms with Crippen LogP contribution < -0.4 is 43.0 Å². The van der Waals surface area contributed by atoms with Crippen LogP contribution in [0.4, 0.5) is 0 Å². The molecule has 28 heteroatoms. The lowest BCUT2D eigenvalue weighted by Crippen LogP contribution is -2.60. The van der Waals surface area contributed by atoms with E-state index in [1.54, 1.807) is 72.0 Å². The molecule has 8 amide bonds. The lowest BCUT2D eigenvalue weighted by Gasteiger charge is -2.34. The Labute approximate surface area is 500 Å². The second kappa shape index (κ2) is 34.8. The predicted molar refractivity (Wildman–Crippen MR) is 316 cm³/mol. The zero-order chi connectivity index (χ0) is 62.9. The number of likely N-dealkylation sites (tertiary alicyclic amines) is 1. The number of fused-ring (bicyclic) bond motifs is 1. The molecule has 2 aliphatic rings. The van der Waals surface area contributed by atoms with Gasteiger partial charge in [0.2, 0.25) is 47.3 Å². The number of amides is 8. The highest BCUT2D eigenvalue weighted by molar-refractivity contribution is 5.97. The summed E-state index contributed by atoms with van der Waals surface area (Å²) in [6.07, 6.45) is 1.91. The summed E-state index contributed by atoms with van der Waals surface area (Å²) in [5.41, 5.74) is 7.62. The van der Waals surface area contributed by atoms with Crippen LogP contribution in [-0.4, -0.2) is 251 Å². The molecular weight excluding hydrogens is 1120 g/mol. The summed E-state index contributed by atoms with van der Waals surface area (Å²) in [6, 6.07) is 9.76. The fraction of sp³-hybridized carbons (Fsp3) is 0.569. The Kier molecular flexibility index (Phi) is 27.8. The first-order valence-corrected chi connectivity index (χ1v) is 29.2. The van der Waals surface area contributed by atoms with Crippen molar-refractivity contribution in [2.45, 2.75) is 102 Å². The second-order valence-electron chi connectivity index (χ2n) is 22.3. The number of piperidine rings is 1. The molecule has 0 unspecified atom stereocenters. The number of aliphatic carboxylic acids is 3. The van der Waals surface area contributed by atoms with Crippen LogP contribution in [0.3, 0.4) is 0 Å². The number of carbonyl (C=O) groups excluding carboxylic acids is 8. The standard InChI is InChI=1S/C58H86N14O14/c1-5-60-58(86)53(37(2)3)67-54(82)38(4)62-56(84)46(30-40-31-61-43-14-10-9-13-42(40)43)66-55(83)44(15-16-47(59)73)65-57(85)45(29-39-11-7-6-8-12-39)64-49(75)33-68-19-17-41(18-20-68)63-48(74)32-69-21-23-70(34-50(76)77)25-27-72(36-52(80)81)28-26-71(24-22-69)35-51(78)79/h6-14,31,37-38,41,44-46,53,61H,5,15-30,32-36H2,1-4H3,(H2,59,73)(H,60,86)(H,62,84)(H,63,74)(H,64,75)(H,65,85)(H,66,83)(H,67,82)(H,76,77)(H,78,79)(H,80,81)/t38-,44-,45+,46-,53-/m0/s1. The van der Waals surface area contributed by atoms with Crippen LogP contribution in [0.5, 0.6) is 0 Å². The second-order valence-corrected chi connectivity index (χ2v) is 22.3. The maximum absolute atomic E-state index is 14.5. The van der Waals surface area contributed by atoms with Gasteiger partial charge in [0.15, 0.2) is 0 Å². The van der Waals surface area contributed by atoms with Crippen molar-refractivity contribution in [2.24, 2.45) is 11.7 Å². The number of rotatable bonds is 30. The normalized spacial score (nSPS) is 17.3. The number of carbonyl (C=O) groups is 11. The molecule has 2 saturated heterocycles. The smallest absolute Gasteiger partial charge is 0.317 e. The third kappa shape index (κ3) is 23.8. The van der Waals surface area contributed by atoms with Gasteiger partial charge in [-0.1, -0.05) is 62.4 Å². The van der Waals surface area contributed by atoms with Gasteiger partial charge in [-0.15, -0.1) is 0 Å². The number of carboxylic acids is 3. The number of nitrogens with one attached hydrogen (secondary N) is 8. The van der Waals surface area contributed by atoms with Crippen molar-refractivity contribution in [1.82, 2.24) is 66.7 Å². The van der Waals surface area contributed by atoms with Crippen LogP contribution in [0.15, 0.2) is 60.8 Å². The van der Waals surface area contributed by atoms with Gasteiger partial charge in [0.25, 0.3) is 0 Å². The number of benzene rings is 2. The number of aromatic amines is 1. The number of primary amides is 1. The Bertz CT molecular complexity index is 2760. The highest BCUT2D eigenvalue weighted by Gasteiger charge is 2.34. The minimum absolute atomic E-state index is 0.00239. The Morgan fingerprint density at radius 3 is 1.56 bits per heavy atom. The van der Waals surface area contributed by atoms with Crippen molar-refractivity contribution in [2.75, 3.05) is 105 Å². The van der Waals surface area contributed by atoms with E-state index in [4.69, 9.17) is 5.73 Å².